The lowest BCUT2D eigenvalue weighted by Gasteiger charge is -2.33. The summed E-state index contributed by atoms with van der Waals surface area (Å²) in [6.07, 6.45) is 5.03. The van der Waals surface area contributed by atoms with Crippen molar-refractivity contribution < 1.29 is 9.47 Å². The number of likely N-dealkylation sites (tertiary alicyclic amines) is 1. The smallest absolute Gasteiger partial charge is 0.192 e. The van der Waals surface area contributed by atoms with Gasteiger partial charge in [0.1, 0.15) is 12.4 Å². The average molecular weight is 550 g/mol. The number of aliphatic imine (C=N–C) groups is 1. The molecule has 9 nitrogen and oxygen atoms in total. The zero-order valence-electron chi connectivity index (χ0n) is 19.5. The third-order valence-corrected chi connectivity index (χ3v) is 5.87. The van der Waals surface area contributed by atoms with Crippen LogP contribution in [0.4, 0.5) is 0 Å². The fourth-order valence-corrected chi connectivity index (χ4v) is 3.82. The van der Waals surface area contributed by atoms with Crippen molar-refractivity contribution in [3.05, 3.63) is 11.6 Å². The summed E-state index contributed by atoms with van der Waals surface area (Å²) < 4.78 is 13.4. The highest BCUT2D eigenvalue weighted by atomic mass is 127. The second-order valence-electron chi connectivity index (χ2n) is 8.58. The van der Waals surface area contributed by atoms with Gasteiger partial charge in [-0.15, -0.1) is 34.2 Å². The van der Waals surface area contributed by atoms with E-state index in [-0.39, 0.29) is 30.1 Å². The minimum atomic E-state index is 0. The second-order valence-corrected chi connectivity index (χ2v) is 8.58. The van der Waals surface area contributed by atoms with Crippen molar-refractivity contribution in [1.29, 1.82) is 0 Å². The standard InChI is InChI=1S/C21H39N7O2.HI/c1-16(2)29-13-11-28-9-7-18(8-10-28)24-21(22-14-19-6-5-12-30-19)23-15-20-26-25-17(3)27(20)4;/h16,18-19H,5-15H2,1-4H3,(H2,22,23,24);1H. The third-order valence-electron chi connectivity index (χ3n) is 5.87. The molecule has 0 spiro atoms. The van der Waals surface area contributed by atoms with Gasteiger partial charge in [-0.25, -0.2) is 4.99 Å². The molecule has 2 fully saturated rings. The molecule has 3 heterocycles. The Morgan fingerprint density at radius 1 is 1.26 bits per heavy atom. The first-order valence-electron chi connectivity index (χ1n) is 11.4. The summed E-state index contributed by atoms with van der Waals surface area (Å²) >= 11 is 0. The Bertz CT molecular complexity index is 669. The Hall–Kier alpha value is -0.980. The fraction of sp³-hybridized carbons (Fsp3) is 0.857. The van der Waals surface area contributed by atoms with E-state index in [0.717, 1.165) is 82.7 Å². The Labute approximate surface area is 203 Å². The summed E-state index contributed by atoms with van der Waals surface area (Å²) in [4.78, 5) is 7.28. The number of halogens is 1. The number of ether oxygens (including phenoxy) is 2. The van der Waals surface area contributed by atoms with Gasteiger partial charge in [-0.05, 0) is 46.5 Å². The molecular formula is C21H40IN7O2. The minimum Gasteiger partial charge on any atom is -0.377 e. The molecule has 31 heavy (non-hydrogen) atoms. The minimum absolute atomic E-state index is 0. The van der Waals surface area contributed by atoms with Crippen molar-refractivity contribution in [1.82, 2.24) is 30.3 Å². The maximum absolute atomic E-state index is 5.76. The molecule has 2 aliphatic heterocycles. The van der Waals surface area contributed by atoms with Crippen LogP contribution in [0, 0.1) is 6.92 Å². The summed E-state index contributed by atoms with van der Waals surface area (Å²) in [5.41, 5.74) is 0. The molecule has 178 valence electrons. The molecule has 2 N–H and O–H groups in total. The zero-order valence-corrected chi connectivity index (χ0v) is 21.8. The lowest BCUT2D eigenvalue weighted by Crippen LogP contribution is -2.50. The van der Waals surface area contributed by atoms with E-state index in [0.29, 0.717) is 18.7 Å². The number of nitrogens with zero attached hydrogens (tertiary/aromatic N) is 5. The topological polar surface area (TPSA) is 88.8 Å². The maximum atomic E-state index is 5.76. The van der Waals surface area contributed by atoms with Gasteiger partial charge >= 0.3 is 0 Å². The molecule has 0 amide bonds. The van der Waals surface area contributed by atoms with Gasteiger partial charge in [-0.1, -0.05) is 0 Å². The zero-order chi connectivity index (χ0) is 21.3. The predicted octanol–water partition coefficient (Wildman–Crippen LogP) is 1.85. The summed E-state index contributed by atoms with van der Waals surface area (Å²) in [6.45, 7) is 12.3. The van der Waals surface area contributed by atoms with Crippen molar-refractivity contribution in [3.8, 4) is 0 Å². The molecule has 1 aromatic heterocycles. The maximum Gasteiger partial charge on any atom is 0.192 e. The molecule has 10 heteroatoms. The lowest BCUT2D eigenvalue weighted by molar-refractivity contribution is 0.0532. The normalized spacial score (nSPS) is 20.8. The van der Waals surface area contributed by atoms with E-state index in [1.807, 2.05) is 18.5 Å². The van der Waals surface area contributed by atoms with Crippen LogP contribution in [0.1, 0.15) is 51.2 Å². The Kier molecular flexibility index (Phi) is 11.5. The quantitative estimate of drug-likeness (QED) is 0.276. The van der Waals surface area contributed by atoms with Crippen molar-refractivity contribution in [2.24, 2.45) is 12.0 Å². The van der Waals surface area contributed by atoms with E-state index in [2.05, 4.69) is 39.6 Å². The first-order chi connectivity index (χ1) is 14.5. The van der Waals surface area contributed by atoms with Gasteiger partial charge in [0.05, 0.1) is 18.8 Å². The number of rotatable bonds is 9. The summed E-state index contributed by atoms with van der Waals surface area (Å²) in [6, 6.07) is 0.421. The Balaban J connectivity index is 0.00000341. The van der Waals surface area contributed by atoms with Gasteiger partial charge in [0.2, 0.25) is 0 Å². The number of aryl methyl sites for hydroxylation is 1. The average Bonchev–Trinajstić information content (AvgIpc) is 3.36. The highest BCUT2D eigenvalue weighted by Gasteiger charge is 2.21. The number of hydrogen-bond acceptors (Lipinski definition) is 6. The van der Waals surface area contributed by atoms with Crippen LogP contribution in [0.25, 0.3) is 0 Å². The molecule has 1 unspecified atom stereocenters. The number of nitrogens with one attached hydrogen (secondary N) is 2. The van der Waals surface area contributed by atoms with E-state index in [1.165, 1.54) is 0 Å². The van der Waals surface area contributed by atoms with E-state index in [1.54, 1.807) is 0 Å². The number of piperidine rings is 1. The highest BCUT2D eigenvalue weighted by Crippen LogP contribution is 2.12. The molecule has 0 saturated carbocycles. The number of hydrogen-bond donors (Lipinski definition) is 2. The monoisotopic (exact) mass is 549 g/mol. The molecule has 2 aliphatic rings. The van der Waals surface area contributed by atoms with E-state index >= 15 is 0 Å². The molecule has 1 atom stereocenters. The van der Waals surface area contributed by atoms with E-state index in [9.17, 15) is 0 Å². The van der Waals surface area contributed by atoms with E-state index in [4.69, 9.17) is 14.5 Å². The first-order valence-corrected chi connectivity index (χ1v) is 11.4. The van der Waals surface area contributed by atoms with Gasteiger partial charge in [0.25, 0.3) is 0 Å². The van der Waals surface area contributed by atoms with Crippen LogP contribution in [-0.4, -0.2) is 83.3 Å². The van der Waals surface area contributed by atoms with Crippen LogP contribution in [0.5, 0.6) is 0 Å². The van der Waals surface area contributed by atoms with Gasteiger partial charge in [0.15, 0.2) is 11.8 Å². The van der Waals surface area contributed by atoms with Gasteiger partial charge < -0.3 is 29.6 Å². The fourth-order valence-electron chi connectivity index (χ4n) is 3.82. The molecule has 3 rings (SSSR count). The SMILES string of the molecule is Cc1nnc(CN=C(NCC2CCCO2)NC2CCN(CCOC(C)C)CC2)n1C.I. The highest BCUT2D eigenvalue weighted by molar-refractivity contribution is 14.0. The van der Waals surface area contributed by atoms with Crippen LogP contribution >= 0.6 is 24.0 Å². The summed E-state index contributed by atoms with van der Waals surface area (Å²) in [5.74, 6) is 2.61. The van der Waals surface area contributed by atoms with Crippen LogP contribution in [0.15, 0.2) is 4.99 Å². The first kappa shape index (κ1) is 26.3. The Morgan fingerprint density at radius 3 is 2.65 bits per heavy atom. The molecular weight excluding hydrogens is 509 g/mol. The van der Waals surface area contributed by atoms with E-state index < -0.39 is 0 Å². The number of guanidine groups is 1. The predicted molar refractivity (Wildman–Crippen MR) is 133 cm³/mol. The van der Waals surface area contributed by atoms with Crippen molar-refractivity contribution in [2.45, 2.75) is 71.2 Å². The Morgan fingerprint density at radius 2 is 2.03 bits per heavy atom. The van der Waals surface area contributed by atoms with Gasteiger partial charge in [-0.3, -0.25) is 0 Å². The third kappa shape index (κ3) is 8.82. The van der Waals surface area contributed by atoms with Crippen LogP contribution in [-0.2, 0) is 23.1 Å². The van der Waals surface area contributed by atoms with Crippen LogP contribution in [0.3, 0.4) is 0 Å². The molecule has 1 aromatic rings. The van der Waals surface area contributed by atoms with Crippen molar-refractivity contribution >= 4 is 29.9 Å². The molecule has 0 aromatic carbocycles. The molecule has 0 aliphatic carbocycles. The van der Waals surface area contributed by atoms with Crippen molar-refractivity contribution in [3.63, 3.8) is 0 Å². The van der Waals surface area contributed by atoms with Crippen molar-refractivity contribution in [2.75, 3.05) is 39.4 Å². The summed E-state index contributed by atoms with van der Waals surface area (Å²) in [5, 5.41) is 15.5. The van der Waals surface area contributed by atoms with Crippen LogP contribution in [0.2, 0.25) is 0 Å². The molecule has 0 bridgehead atoms. The number of aromatic nitrogens is 3. The largest absolute Gasteiger partial charge is 0.377 e. The lowest BCUT2D eigenvalue weighted by atomic mass is 10.1. The van der Waals surface area contributed by atoms with Crippen LogP contribution < -0.4 is 10.6 Å². The van der Waals surface area contributed by atoms with Gasteiger partial charge in [0, 0.05) is 45.9 Å². The summed E-state index contributed by atoms with van der Waals surface area (Å²) in [7, 11) is 1.98. The second kappa shape index (κ2) is 13.5. The molecule has 2 saturated heterocycles. The van der Waals surface area contributed by atoms with Gasteiger partial charge in [-0.2, -0.15) is 0 Å². The molecule has 0 radical (unpaired) electrons.